The van der Waals surface area contributed by atoms with Gasteiger partial charge >= 0.3 is 0 Å². The van der Waals surface area contributed by atoms with Crippen LogP contribution < -0.4 is 5.32 Å². The molecule has 0 spiro atoms. The molecule has 0 radical (unpaired) electrons. The standard InChI is InChI=1S/C16H24ClNO/c1-13(2)11-18-12-16(7-9-19-10-8-16)14-3-5-15(17)6-4-14/h3-6,13,18H,7-12H2,1-2H3. The number of rotatable bonds is 5. The zero-order chi connectivity index (χ0) is 13.7. The van der Waals surface area contributed by atoms with Gasteiger partial charge in [-0.1, -0.05) is 37.6 Å². The molecule has 2 rings (SSSR count). The molecule has 1 fully saturated rings. The highest BCUT2D eigenvalue weighted by Crippen LogP contribution is 2.34. The van der Waals surface area contributed by atoms with E-state index in [0.29, 0.717) is 5.92 Å². The van der Waals surface area contributed by atoms with Gasteiger partial charge in [0.05, 0.1) is 0 Å². The van der Waals surface area contributed by atoms with Gasteiger partial charge in [-0.2, -0.15) is 0 Å². The summed E-state index contributed by atoms with van der Waals surface area (Å²) in [6.45, 7) is 8.28. The quantitative estimate of drug-likeness (QED) is 0.890. The zero-order valence-corrected chi connectivity index (χ0v) is 12.7. The van der Waals surface area contributed by atoms with Crippen LogP contribution in [0, 0.1) is 5.92 Å². The van der Waals surface area contributed by atoms with Gasteiger partial charge in [-0.15, -0.1) is 0 Å². The first-order valence-corrected chi connectivity index (χ1v) is 7.55. The van der Waals surface area contributed by atoms with Crippen LogP contribution in [0.4, 0.5) is 0 Å². The molecular weight excluding hydrogens is 258 g/mol. The van der Waals surface area contributed by atoms with Gasteiger partial charge in [0.2, 0.25) is 0 Å². The van der Waals surface area contributed by atoms with Crippen molar-refractivity contribution in [1.82, 2.24) is 5.32 Å². The molecule has 0 amide bonds. The van der Waals surface area contributed by atoms with Crippen LogP contribution >= 0.6 is 11.6 Å². The predicted molar refractivity (Wildman–Crippen MR) is 80.9 cm³/mol. The van der Waals surface area contributed by atoms with Gasteiger partial charge in [-0.05, 0) is 43.0 Å². The van der Waals surface area contributed by atoms with Crippen LogP contribution in [0.1, 0.15) is 32.3 Å². The van der Waals surface area contributed by atoms with Crippen molar-refractivity contribution in [1.29, 1.82) is 0 Å². The Morgan fingerprint density at radius 2 is 1.84 bits per heavy atom. The van der Waals surface area contributed by atoms with E-state index in [0.717, 1.165) is 44.2 Å². The Hall–Kier alpha value is -0.570. The molecule has 0 unspecified atom stereocenters. The first kappa shape index (κ1) is 14.8. The normalized spacial score (nSPS) is 18.7. The van der Waals surface area contributed by atoms with Crippen LogP contribution in [0.25, 0.3) is 0 Å². The highest BCUT2D eigenvalue weighted by Gasteiger charge is 2.34. The van der Waals surface area contributed by atoms with E-state index in [2.05, 4.69) is 31.3 Å². The summed E-state index contributed by atoms with van der Waals surface area (Å²) >= 11 is 6.00. The number of hydrogen-bond donors (Lipinski definition) is 1. The van der Waals surface area contributed by atoms with Crippen molar-refractivity contribution in [3.63, 3.8) is 0 Å². The van der Waals surface area contributed by atoms with E-state index in [4.69, 9.17) is 16.3 Å². The Morgan fingerprint density at radius 3 is 2.42 bits per heavy atom. The summed E-state index contributed by atoms with van der Waals surface area (Å²) < 4.78 is 5.54. The third-order valence-corrected chi connectivity index (χ3v) is 4.17. The summed E-state index contributed by atoms with van der Waals surface area (Å²) in [5.74, 6) is 0.683. The van der Waals surface area contributed by atoms with Crippen LogP contribution in [0.3, 0.4) is 0 Å². The van der Waals surface area contributed by atoms with Crippen molar-refractivity contribution in [3.05, 3.63) is 34.9 Å². The number of hydrogen-bond acceptors (Lipinski definition) is 2. The lowest BCUT2D eigenvalue weighted by molar-refractivity contribution is 0.0497. The molecule has 2 nitrogen and oxygen atoms in total. The summed E-state index contributed by atoms with van der Waals surface area (Å²) in [6, 6.07) is 8.34. The van der Waals surface area contributed by atoms with E-state index < -0.39 is 0 Å². The molecule has 1 aliphatic heterocycles. The average Bonchev–Trinajstić information content (AvgIpc) is 2.40. The molecule has 19 heavy (non-hydrogen) atoms. The lowest BCUT2D eigenvalue weighted by atomic mass is 9.74. The van der Waals surface area contributed by atoms with E-state index in [9.17, 15) is 0 Å². The topological polar surface area (TPSA) is 21.3 Å². The minimum Gasteiger partial charge on any atom is -0.381 e. The Morgan fingerprint density at radius 1 is 1.21 bits per heavy atom. The van der Waals surface area contributed by atoms with Gasteiger partial charge in [0.1, 0.15) is 0 Å². The molecule has 1 saturated heterocycles. The molecule has 1 aliphatic rings. The lowest BCUT2D eigenvalue weighted by Crippen LogP contribution is -2.43. The van der Waals surface area contributed by atoms with E-state index in [1.54, 1.807) is 0 Å². The molecule has 0 aromatic heterocycles. The van der Waals surface area contributed by atoms with Gasteiger partial charge in [0.25, 0.3) is 0 Å². The maximum Gasteiger partial charge on any atom is 0.0475 e. The van der Waals surface area contributed by atoms with Crippen molar-refractivity contribution >= 4 is 11.6 Å². The van der Waals surface area contributed by atoms with E-state index in [1.807, 2.05) is 12.1 Å². The minimum absolute atomic E-state index is 0.206. The van der Waals surface area contributed by atoms with Gasteiger partial charge < -0.3 is 10.1 Å². The summed E-state index contributed by atoms with van der Waals surface area (Å²) in [5, 5.41) is 4.43. The van der Waals surface area contributed by atoms with E-state index in [-0.39, 0.29) is 5.41 Å². The molecule has 106 valence electrons. The number of nitrogens with one attached hydrogen (secondary N) is 1. The second-order valence-corrected chi connectivity index (χ2v) is 6.36. The zero-order valence-electron chi connectivity index (χ0n) is 11.9. The highest BCUT2D eigenvalue weighted by atomic mass is 35.5. The summed E-state index contributed by atoms with van der Waals surface area (Å²) in [4.78, 5) is 0. The monoisotopic (exact) mass is 281 g/mol. The van der Waals surface area contributed by atoms with Crippen LogP contribution in [-0.4, -0.2) is 26.3 Å². The molecule has 1 aromatic carbocycles. The molecule has 0 saturated carbocycles. The third kappa shape index (κ3) is 3.95. The van der Waals surface area contributed by atoms with E-state index in [1.165, 1.54) is 5.56 Å². The summed E-state index contributed by atoms with van der Waals surface area (Å²) in [5.41, 5.74) is 1.59. The maximum absolute atomic E-state index is 6.00. The first-order chi connectivity index (χ1) is 9.12. The minimum atomic E-state index is 0.206. The Kier molecular flexibility index (Phi) is 5.26. The van der Waals surface area contributed by atoms with Gasteiger partial charge in [0, 0.05) is 30.2 Å². The average molecular weight is 282 g/mol. The smallest absolute Gasteiger partial charge is 0.0475 e. The van der Waals surface area contributed by atoms with Crippen molar-refractivity contribution in [2.24, 2.45) is 5.92 Å². The van der Waals surface area contributed by atoms with Gasteiger partial charge in [0.15, 0.2) is 0 Å². The lowest BCUT2D eigenvalue weighted by Gasteiger charge is -2.38. The molecular formula is C16H24ClNO. The second-order valence-electron chi connectivity index (χ2n) is 5.92. The fraction of sp³-hybridized carbons (Fsp3) is 0.625. The van der Waals surface area contributed by atoms with Gasteiger partial charge in [-0.3, -0.25) is 0 Å². The molecule has 0 aliphatic carbocycles. The molecule has 1 heterocycles. The molecule has 1 N–H and O–H groups in total. The number of ether oxygens (including phenoxy) is 1. The summed E-state index contributed by atoms with van der Waals surface area (Å²) in [6.07, 6.45) is 2.17. The Labute approximate surface area is 121 Å². The summed E-state index contributed by atoms with van der Waals surface area (Å²) in [7, 11) is 0. The Balaban J connectivity index is 2.11. The van der Waals surface area contributed by atoms with Crippen molar-refractivity contribution in [3.8, 4) is 0 Å². The first-order valence-electron chi connectivity index (χ1n) is 7.17. The van der Waals surface area contributed by atoms with Crippen LogP contribution in [0.5, 0.6) is 0 Å². The number of benzene rings is 1. The third-order valence-electron chi connectivity index (χ3n) is 3.92. The van der Waals surface area contributed by atoms with Crippen LogP contribution in [-0.2, 0) is 10.2 Å². The van der Waals surface area contributed by atoms with Crippen molar-refractivity contribution in [2.75, 3.05) is 26.3 Å². The van der Waals surface area contributed by atoms with Gasteiger partial charge in [-0.25, -0.2) is 0 Å². The fourth-order valence-electron chi connectivity index (χ4n) is 2.73. The molecule has 1 aromatic rings. The second kappa shape index (κ2) is 6.74. The highest BCUT2D eigenvalue weighted by molar-refractivity contribution is 6.30. The predicted octanol–water partition coefficient (Wildman–Crippen LogP) is 3.63. The molecule has 3 heteroatoms. The van der Waals surface area contributed by atoms with E-state index >= 15 is 0 Å². The fourth-order valence-corrected chi connectivity index (χ4v) is 2.86. The largest absolute Gasteiger partial charge is 0.381 e. The SMILES string of the molecule is CC(C)CNCC1(c2ccc(Cl)cc2)CCOCC1. The number of halogens is 1. The molecule has 0 atom stereocenters. The van der Waals surface area contributed by atoms with Crippen LogP contribution in [0.15, 0.2) is 24.3 Å². The molecule has 0 bridgehead atoms. The maximum atomic E-state index is 6.00. The Bertz CT molecular complexity index is 382. The van der Waals surface area contributed by atoms with Crippen LogP contribution in [0.2, 0.25) is 5.02 Å². The van der Waals surface area contributed by atoms with Crippen molar-refractivity contribution < 1.29 is 4.74 Å². The van der Waals surface area contributed by atoms with Crippen molar-refractivity contribution in [2.45, 2.75) is 32.1 Å².